The molecule has 1 fully saturated rings. The van der Waals surface area contributed by atoms with Gasteiger partial charge in [-0.05, 0) is 17.9 Å². The summed E-state index contributed by atoms with van der Waals surface area (Å²) in [6.07, 6.45) is 7.30. The maximum Gasteiger partial charge on any atom is 0.302 e. The van der Waals surface area contributed by atoms with E-state index in [0.29, 0.717) is 32.5 Å². The molecule has 1 heterocycles. The smallest absolute Gasteiger partial charge is 0.302 e. The van der Waals surface area contributed by atoms with Crippen LogP contribution in [-0.2, 0) is 19.0 Å². The van der Waals surface area contributed by atoms with Crippen molar-refractivity contribution < 1.29 is 19.0 Å². The Kier molecular flexibility index (Phi) is 4.45. The SMILES string of the molecule is CC(=O)OCC1C2CC=CCC(C#N)(C#N)C2=CCC12OCCO2. The largest absolute Gasteiger partial charge is 0.465 e. The molecule has 0 N–H and O–H groups in total. The molecule has 0 saturated carbocycles. The van der Waals surface area contributed by atoms with Crippen molar-refractivity contribution in [2.24, 2.45) is 17.3 Å². The lowest BCUT2D eigenvalue weighted by Crippen LogP contribution is -2.50. The minimum Gasteiger partial charge on any atom is -0.465 e. The topological polar surface area (TPSA) is 92.3 Å². The average molecular weight is 328 g/mol. The van der Waals surface area contributed by atoms with Crippen molar-refractivity contribution in [1.29, 1.82) is 10.5 Å². The number of nitriles is 2. The molecule has 0 bridgehead atoms. The Labute approximate surface area is 141 Å². The van der Waals surface area contributed by atoms with Gasteiger partial charge in [0.2, 0.25) is 0 Å². The molecule has 2 atom stereocenters. The third-order valence-corrected chi connectivity index (χ3v) is 5.15. The van der Waals surface area contributed by atoms with Gasteiger partial charge >= 0.3 is 5.97 Å². The van der Waals surface area contributed by atoms with Crippen molar-refractivity contribution in [3.63, 3.8) is 0 Å². The molecule has 2 unspecified atom stereocenters. The van der Waals surface area contributed by atoms with Crippen LogP contribution in [0.25, 0.3) is 0 Å². The van der Waals surface area contributed by atoms with Gasteiger partial charge in [0.25, 0.3) is 0 Å². The van der Waals surface area contributed by atoms with E-state index < -0.39 is 11.2 Å². The Morgan fingerprint density at radius 3 is 2.62 bits per heavy atom. The second-order valence-electron chi connectivity index (χ2n) is 6.43. The quantitative estimate of drug-likeness (QED) is 0.570. The minimum atomic E-state index is -1.17. The molecule has 0 aromatic heterocycles. The Balaban J connectivity index is 2.02. The minimum absolute atomic E-state index is 0.130. The first-order valence-electron chi connectivity index (χ1n) is 8.16. The number of nitrogens with zero attached hydrogens (tertiary/aromatic N) is 2. The molecule has 6 heteroatoms. The van der Waals surface area contributed by atoms with E-state index in [0.717, 1.165) is 5.57 Å². The Morgan fingerprint density at radius 2 is 2.00 bits per heavy atom. The predicted octanol–water partition coefficient (Wildman–Crippen LogP) is 2.24. The van der Waals surface area contributed by atoms with Gasteiger partial charge in [0.1, 0.15) is 0 Å². The van der Waals surface area contributed by atoms with Crippen LogP contribution in [0.3, 0.4) is 0 Å². The van der Waals surface area contributed by atoms with Crippen LogP contribution in [0.1, 0.15) is 26.2 Å². The third kappa shape index (κ3) is 2.62. The van der Waals surface area contributed by atoms with Crippen molar-refractivity contribution in [3.05, 3.63) is 23.8 Å². The molecule has 1 saturated heterocycles. The summed E-state index contributed by atoms with van der Waals surface area (Å²) in [5.74, 6) is -1.57. The molecule has 3 aliphatic rings. The Bertz CT molecular complexity index is 647. The summed E-state index contributed by atoms with van der Waals surface area (Å²) in [4.78, 5) is 11.3. The van der Waals surface area contributed by atoms with Gasteiger partial charge in [-0.25, -0.2) is 0 Å². The molecule has 0 radical (unpaired) electrons. The van der Waals surface area contributed by atoms with Gasteiger partial charge in [0.15, 0.2) is 11.2 Å². The van der Waals surface area contributed by atoms with E-state index in [4.69, 9.17) is 14.2 Å². The van der Waals surface area contributed by atoms with E-state index in [1.807, 2.05) is 18.2 Å². The van der Waals surface area contributed by atoms with Crippen LogP contribution < -0.4 is 0 Å². The molecule has 6 nitrogen and oxygen atoms in total. The summed E-state index contributed by atoms with van der Waals surface area (Å²) >= 11 is 0. The van der Waals surface area contributed by atoms with Gasteiger partial charge in [-0.15, -0.1) is 0 Å². The fourth-order valence-electron chi connectivity index (χ4n) is 3.98. The summed E-state index contributed by atoms with van der Waals surface area (Å²) in [6.45, 7) is 2.50. The molecule has 2 aliphatic carbocycles. The second-order valence-corrected chi connectivity index (χ2v) is 6.43. The molecule has 0 aromatic carbocycles. The van der Waals surface area contributed by atoms with Gasteiger partial charge in [0, 0.05) is 19.8 Å². The van der Waals surface area contributed by atoms with Crippen molar-refractivity contribution in [2.45, 2.75) is 32.0 Å². The van der Waals surface area contributed by atoms with Crippen molar-refractivity contribution >= 4 is 5.97 Å². The summed E-state index contributed by atoms with van der Waals surface area (Å²) in [7, 11) is 0. The normalized spacial score (nSPS) is 29.7. The Morgan fingerprint density at radius 1 is 1.29 bits per heavy atom. The number of hydrogen-bond donors (Lipinski definition) is 0. The number of hydrogen-bond acceptors (Lipinski definition) is 6. The lowest BCUT2D eigenvalue weighted by molar-refractivity contribution is -0.218. The summed E-state index contributed by atoms with van der Waals surface area (Å²) < 4.78 is 17.1. The molecule has 24 heavy (non-hydrogen) atoms. The summed E-state index contributed by atoms with van der Waals surface area (Å²) in [6, 6.07) is 4.40. The van der Waals surface area contributed by atoms with Crippen molar-refractivity contribution in [3.8, 4) is 12.1 Å². The first-order chi connectivity index (χ1) is 11.6. The van der Waals surface area contributed by atoms with Crippen LogP contribution in [0.4, 0.5) is 0 Å². The molecule has 1 aliphatic heterocycles. The van der Waals surface area contributed by atoms with Gasteiger partial charge < -0.3 is 14.2 Å². The molecule has 3 rings (SSSR count). The van der Waals surface area contributed by atoms with Crippen LogP contribution >= 0.6 is 0 Å². The lowest BCUT2D eigenvalue weighted by atomic mass is 9.65. The van der Waals surface area contributed by atoms with E-state index in [1.54, 1.807) is 0 Å². The highest BCUT2D eigenvalue weighted by molar-refractivity contribution is 5.65. The summed E-state index contributed by atoms with van der Waals surface area (Å²) in [5, 5.41) is 19.3. The molecular weight excluding hydrogens is 308 g/mol. The second kappa shape index (κ2) is 6.39. The number of rotatable bonds is 2. The van der Waals surface area contributed by atoms with Gasteiger partial charge in [0.05, 0.1) is 37.9 Å². The number of carbonyl (C=O) groups is 1. The number of esters is 1. The zero-order valence-electron chi connectivity index (χ0n) is 13.7. The molecule has 0 amide bonds. The fraction of sp³-hybridized carbons (Fsp3) is 0.611. The highest BCUT2D eigenvalue weighted by Crippen LogP contribution is 2.51. The van der Waals surface area contributed by atoms with Crippen molar-refractivity contribution in [2.75, 3.05) is 19.8 Å². The predicted molar refractivity (Wildman–Crippen MR) is 83.0 cm³/mol. The molecule has 126 valence electrons. The highest BCUT2D eigenvalue weighted by Gasteiger charge is 2.54. The molecule has 1 spiro atoms. The maximum atomic E-state index is 11.3. The summed E-state index contributed by atoms with van der Waals surface area (Å²) in [5.41, 5.74) is -0.369. The van der Waals surface area contributed by atoms with Crippen LogP contribution in [0.15, 0.2) is 23.8 Å². The van der Waals surface area contributed by atoms with Gasteiger partial charge in [-0.2, -0.15) is 10.5 Å². The molecular formula is C18H20N2O4. The zero-order valence-corrected chi connectivity index (χ0v) is 13.7. The van der Waals surface area contributed by atoms with Gasteiger partial charge in [-0.3, -0.25) is 4.79 Å². The highest BCUT2D eigenvalue weighted by atomic mass is 16.7. The van der Waals surface area contributed by atoms with E-state index in [9.17, 15) is 15.3 Å². The van der Waals surface area contributed by atoms with E-state index in [-0.39, 0.29) is 24.4 Å². The number of allylic oxidation sites excluding steroid dienone is 3. The van der Waals surface area contributed by atoms with Crippen LogP contribution in [0.5, 0.6) is 0 Å². The third-order valence-electron chi connectivity index (χ3n) is 5.15. The van der Waals surface area contributed by atoms with Crippen LogP contribution in [-0.4, -0.2) is 31.6 Å². The van der Waals surface area contributed by atoms with E-state index in [2.05, 4.69) is 12.1 Å². The van der Waals surface area contributed by atoms with E-state index in [1.165, 1.54) is 6.92 Å². The number of fused-ring (bicyclic) bond motifs is 1. The monoisotopic (exact) mass is 328 g/mol. The number of carbonyl (C=O) groups excluding carboxylic acids is 1. The lowest BCUT2D eigenvalue weighted by Gasteiger charge is -2.44. The Hall–Kier alpha value is -2.15. The number of ether oxygens (including phenoxy) is 3. The van der Waals surface area contributed by atoms with E-state index >= 15 is 0 Å². The van der Waals surface area contributed by atoms with Crippen molar-refractivity contribution in [1.82, 2.24) is 0 Å². The van der Waals surface area contributed by atoms with Crippen LogP contribution in [0.2, 0.25) is 0 Å². The average Bonchev–Trinajstić information content (AvgIpc) is 2.95. The zero-order chi connectivity index (χ0) is 17.2. The first-order valence-corrected chi connectivity index (χ1v) is 8.16. The fourth-order valence-corrected chi connectivity index (χ4v) is 3.98. The maximum absolute atomic E-state index is 11.3. The van der Waals surface area contributed by atoms with Crippen LogP contribution in [0, 0.1) is 39.9 Å². The standard InChI is InChI=1S/C18H20N2O4/c1-13(21)22-10-16-14-4-2-3-6-17(11-19,12-20)15(14)5-7-18(16)23-8-9-24-18/h2-3,5,14,16H,4,6-10H2,1H3. The molecule has 0 aromatic rings. The first kappa shape index (κ1) is 16.7. The van der Waals surface area contributed by atoms with Gasteiger partial charge in [-0.1, -0.05) is 18.2 Å².